The zero-order valence-corrected chi connectivity index (χ0v) is 18.3. The summed E-state index contributed by atoms with van der Waals surface area (Å²) in [6, 6.07) is 19.9. The van der Waals surface area contributed by atoms with Crippen molar-refractivity contribution in [1.82, 2.24) is 4.72 Å². The molecule has 31 heavy (non-hydrogen) atoms. The standard InChI is InChI=1S/C23H21ClN2O4S/c1-16-7-5-6-10-21(16)31(29,30)25-14-13-22(27)26-20-12-11-18(24)15-19(20)23(28)17-8-3-2-4-9-17/h2-12,15,25H,13-14H2,1H3,(H,26,27). The van der Waals surface area contributed by atoms with Crippen LogP contribution in [0.15, 0.2) is 77.7 Å². The largest absolute Gasteiger partial charge is 0.325 e. The summed E-state index contributed by atoms with van der Waals surface area (Å²) >= 11 is 6.05. The molecule has 1 amide bonds. The van der Waals surface area contributed by atoms with Gasteiger partial charge in [0.2, 0.25) is 15.9 Å². The smallest absolute Gasteiger partial charge is 0.240 e. The maximum absolute atomic E-state index is 12.8. The highest BCUT2D eigenvalue weighted by atomic mass is 35.5. The van der Waals surface area contributed by atoms with Crippen LogP contribution in [0, 0.1) is 6.92 Å². The van der Waals surface area contributed by atoms with E-state index in [0.717, 1.165) is 0 Å². The van der Waals surface area contributed by atoms with Gasteiger partial charge in [0, 0.05) is 29.1 Å². The Kier molecular flexibility index (Phi) is 7.22. The van der Waals surface area contributed by atoms with E-state index in [0.29, 0.717) is 21.8 Å². The molecule has 8 heteroatoms. The van der Waals surface area contributed by atoms with E-state index in [9.17, 15) is 18.0 Å². The van der Waals surface area contributed by atoms with Gasteiger partial charge in [-0.05, 0) is 36.8 Å². The molecule has 0 radical (unpaired) electrons. The van der Waals surface area contributed by atoms with E-state index in [4.69, 9.17) is 11.6 Å². The molecule has 3 aromatic rings. The molecule has 0 heterocycles. The van der Waals surface area contributed by atoms with Crippen LogP contribution in [-0.4, -0.2) is 26.7 Å². The molecule has 0 aliphatic heterocycles. The number of aryl methyl sites for hydroxylation is 1. The Labute approximate surface area is 186 Å². The van der Waals surface area contributed by atoms with E-state index in [1.807, 2.05) is 0 Å². The number of ketones is 1. The molecule has 0 aromatic heterocycles. The van der Waals surface area contributed by atoms with Crippen LogP contribution in [0.4, 0.5) is 5.69 Å². The van der Waals surface area contributed by atoms with Crippen LogP contribution >= 0.6 is 11.6 Å². The van der Waals surface area contributed by atoms with Crippen molar-refractivity contribution < 1.29 is 18.0 Å². The summed E-state index contributed by atoms with van der Waals surface area (Å²) in [4.78, 5) is 25.4. The maximum Gasteiger partial charge on any atom is 0.240 e. The molecule has 160 valence electrons. The minimum Gasteiger partial charge on any atom is -0.325 e. The number of hydrogen-bond acceptors (Lipinski definition) is 4. The minimum atomic E-state index is -3.72. The number of hydrogen-bond donors (Lipinski definition) is 2. The van der Waals surface area contributed by atoms with Gasteiger partial charge in [0.15, 0.2) is 5.78 Å². The van der Waals surface area contributed by atoms with E-state index in [1.165, 1.54) is 12.1 Å². The second-order valence-corrected chi connectivity index (χ2v) is 9.02. The number of halogens is 1. The molecule has 0 atom stereocenters. The van der Waals surface area contributed by atoms with E-state index in [-0.39, 0.29) is 29.2 Å². The lowest BCUT2D eigenvalue weighted by atomic mass is 10.0. The minimum absolute atomic E-state index is 0.0853. The van der Waals surface area contributed by atoms with Crippen molar-refractivity contribution in [2.45, 2.75) is 18.2 Å². The number of rotatable bonds is 8. The van der Waals surface area contributed by atoms with Crippen LogP contribution < -0.4 is 10.0 Å². The number of carbonyl (C=O) groups excluding carboxylic acids is 2. The Balaban J connectivity index is 1.67. The molecular formula is C23H21ClN2O4S. The first-order valence-electron chi connectivity index (χ1n) is 9.52. The monoisotopic (exact) mass is 456 g/mol. The summed E-state index contributed by atoms with van der Waals surface area (Å²) < 4.78 is 27.3. The van der Waals surface area contributed by atoms with Crippen molar-refractivity contribution >= 4 is 39.0 Å². The Bertz CT molecular complexity index is 1210. The van der Waals surface area contributed by atoms with Gasteiger partial charge in [0.25, 0.3) is 0 Å². The molecule has 0 aliphatic carbocycles. The van der Waals surface area contributed by atoms with Gasteiger partial charge >= 0.3 is 0 Å². The maximum atomic E-state index is 12.8. The second kappa shape index (κ2) is 9.87. The molecule has 6 nitrogen and oxygen atoms in total. The fraction of sp³-hybridized carbons (Fsp3) is 0.130. The number of nitrogens with one attached hydrogen (secondary N) is 2. The van der Waals surface area contributed by atoms with Gasteiger partial charge in [-0.25, -0.2) is 13.1 Å². The number of amides is 1. The zero-order chi connectivity index (χ0) is 22.4. The highest BCUT2D eigenvalue weighted by molar-refractivity contribution is 7.89. The molecule has 0 unspecified atom stereocenters. The fourth-order valence-electron chi connectivity index (χ4n) is 3.01. The molecule has 0 saturated heterocycles. The van der Waals surface area contributed by atoms with Gasteiger partial charge in [-0.3, -0.25) is 9.59 Å². The Morgan fingerprint density at radius 2 is 1.61 bits per heavy atom. The number of anilines is 1. The van der Waals surface area contributed by atoms with E-state index in [2.05, 4.69) is 10.0 Å². The van der Waals surface area contributed by atoms with Crippen molar-refractivity contribution in [2.24, 2.45) is 0 Å². The highest BCUT2D eigenvalue weighted by Gasteiger charge is 2.18. The van der Waals surface area contributed by atoms with Gasteiger partial charge in [-0.1, -0.05) is 60.1 Å². The van der Waals surface area contributed by atoms with Gasteiger partial charge in [0.1, 0.15) is 0 Å². The molecule has 2 N–H and O–H groups in total. The normalized spacial score (nSPS) is 11.2. The van der Waals surface area contributed by atoms with E-state index in [1.54, 1.807) is 67.6 Å². The topological polar surface area (TPSA) is 92.3 Å². The first kappa shape index (κ1) is 22.7. The third-order valence-electron chi connectivity index (χ3n) is 4.56. The third kappa shape index (κ3) is 5.79. The molecule has 0 fully saturated rings. The second-order valence-electron chi connectivity index (χ2n) is 6.85. The molecule has 3 rings (SSSR count). The number of sulfonamides is 1. The summed E-state index contributed by atoms with van der Waals surface area (Å²) in [5.74, 6) is -0.712. The van der Waals surface area contributed by atoms with Crippen molar-refractivity contribution in [3.63, 3.8) is 0 Å². The Morgan fingerprint density at radius 1 is 0.935 bits per heavy atom. The summed E-state index contributed by atoms with van der Waals surface area (Å²) in [5, 5.41) is 3.04. The van der Waals surface area contributed by atoms with E-state index >= 15 is 0 Å². The van der Waals surface area contributed by atoms with Crippen molar-refractivity contribution in [2.75, 3.05) is 11.9 Å². The van der Waals surface area contributed by atoms with Crippen molar-refractivity contribution in [1.29, 1.82) is 0 Å². The third-order valence-corrected chi connectivity index (χ3v) is 6.42. The summed E-state index contributed by atoms with van der Waals surface area (Å²) in [7, 11) is -3.72. The predicted octanol–water partition coefficient (Wildman–Crippen LogP) is 4.19. The first-order chi connectivity index (χ1) is 14.8. The van der Waals surface area contributed by atoms with Crippen LogP contribution in [0.3, 0.4) is 0 Å². The summed E-state index contributed by atoms with van der Waals surface area (Å²) in [5.41, 5.74) is 1.65. The quantitative estimate of drug-likeness (QED) is 0.497. The van der Waals surface area contributed by atoms with Gasteiger partial charge in [0.05, 0.1) is 10.6 Å². The van der Waals surface area contributed by atoms with Gasteiger partial charge in [-0.2, -0.15) is 0 Å². The average Bonchev–Trinajstić information content (AvgIpc) is 2.75. The lowest BCUT2D eigenvalue weighted by molar-refractivity contribution is -0.116. The predicted molar refractivity (Wildman–Crippen MR) is 121 cm³/mol. The average molecular weight is 457 g/mol. The lowest BCUT2D eigenvalue weighted by Gasteiger charge is -2.12. The van der Waals surface area contributed by atoms with Gasteiger partial charge < -0.3 is 5.32 Å². The Hall–Kier alpha value is -3.00. The highest BCUT2D eigenvalue weighted by Crippen LogP contribution is 2.24. The summed E-state index contributed by atoms with van der Waals surface area (Å²) in [6.45, 7) is 1.62. The van der Waals surface area contributed by atoms with Crippen LogP contribution in [0.5, 0.6) is 0 Å². The van der Waals surface area contributed by atoms with Gasteiger partial charge in [-0.15, -0.1) is 0 Å². The van der Waals surface area contributed by atoms with Crippen LogP contribution in [0.25, 0.3) is 0 Å². The zero-order valence-electron chi connectivity index (χ0n) is 16.8. The molecular weight excluding hydrogens is 436 g/mol. The lowest BCUT2D eigenvalue weighted by Crippen LogP contribution is -2.28. The molecule has 0 saturated carbocycles. The summed E-state index contributed by atoms with van der Waals surface area (Å²) in [6.07, 6.45) is -0.104. The first-order valence-corrected chi connectivity index (χ1v) is 11.4. The fourth-order valence-corrected chi connectivity index (χ4v) is 4.45. The van der Waals surface area contributed by atoms with E-state index < -0.39 is 15.9 Å². The molecule has 0 bridgehead atoms. The number of benzene rings is 3. The van der Waals surface area contributed by atoms with Crippen LogP contribution in [-0.2, 0) is 14.8 Å². The SMILES string of the molecule is Cc1ccccc1S(=O)(=O)NCCC(=O)Nc1ccc(Cl)cc1C(=O)c1ccccc1. The van der Waals surface area contributed by atoms with Crippen LogP contribution in [0.1, 0.15) is 27.9 Å². The van der Waals surface area contributed by atoms with Crippen molar-refractivity contribution in [3.8, 4) is 0 Å². The molecule has 0 spiro atoms. The number of carbonyl (C=O) groups is 2. The molecule has 3 aromatic carbocycles. The van der Waals surface area contributed by atoms with Crippen molar-refractivity contribution in [3.05, 3.63) is 94.5 Å². The molecule has 0 aliphatic rings. The van der Waals surface area contributed by atoms with Crippen LogP contribution in [0.2, 0.25) is 5.02 Å². The Morgan fingerprint density at radius 3 is 2.32 bits per heavy atom.